The van der Waals surface area contributed by atoms with Gasteiger partial charge in [-0.15, -0.1) is 0 Å². The number of carbonyl (C=O) groups is 1. The summed E-state index contributed by atoms with van der Waals surface area (Å²) in [6.07, 6.45) is 1.17. The molecule has 1 rings (SSSR count). The Hall–Kier alpha value is -1.02. The lowest BCUT2D eigenvalue weighted by molar-refractivity contribution is -0.147. The van der Waals surface area contributed by atoms with Crippen LogP contribution < -0.4 is 4.72 Å². The highest BCUT2D eigenvalue weighted by Crippen LogP contribution is 2.37. The zero-order valence-corrected chi connectivity index (χ0v) is 22.0. The lowest BCUT2D eigenvalue weighted by atomic mass is 9.96. The number of benzene rings is 1. The molecule has 0 aliphatic rings. The van der Waals surface area contributed by atoms with Crippen LogP contribution in [0.15, 0.2) is 30.3 Å². The zero-order chi connectivity index (χ0) is 23.2. The van der Waals surface area contributed by atoms with Gasteiger partial charge in [-0.3, -0.25) is 4.79 Å². The Morgan fingerprint density at radius 3 is 2.13 bits per heavy atom. The van der Waals surface area contributed by atoms with Crippen LogP contribution in [0.25, 0.3) is 0 Å². The van der Waals surface area contributed by atoms with Gasteiger partial charge >= 0.3 is 5.97 Å². The molecule has 0 bridgehead atoms. The van der Waals surface area contributed by atoms with E-state index >= 15 is 0 Å². The number of nitrogens with one attached hydrogen (secondary N) is 1. The van der Waals surface area contributed by atoms with Crippen molar-refractivity contribution in [3.63, 3.8) is 0 Å². The molecule has 0 fully saturated rings. The Morgan fingerprint density at radius 2 is 1.67 bits per heavy atom. The fourth-order valence-corrected chi connectivity index (χ4v) is 4.55. The van der Waals surface area contributed by atoms with Crippen LogP contribution >= 0.6 is 0 Å². The van der Waals surface area contributed by atoms with E-state index in [2.05, 4.69) is 38.6 Å². The smallest absolute Gasteiger partial charge is 0.311 e. The number of ether oxygens (including phenoxy) is 1. The van der Waals surface area contributed by atoms with Gasteiger partial charge in [0.25, 0.3) is 0 Å². The van der Waals surface area contributed by atoms with Gasteiger partial charge in [-0.1, -0.05) is 51.1 Å². The van der Waals surface area contributed by atoms with Gasteiger partial charge < -0.3 is 9.16 Å². The first-order chi connectivity index (χ1) is 13.7. The Morgan fingerprint density at radius 1 is 1.10 bits per heavy atom. The second-order valence-corrected chi connectivity index (χ2v) is 17.2. The number of methoxy groups -OCH3 is 1. The van der Waals surface area contributed by atoms with E-state index in [0.717, 1.165) is 5.56 Å². The third-order valence-corrected chi connectivity index (χ3v) is 11.9. The van der Waals surface area contributed by atoms with E-state index in [1.807, 2.05) is 51.1 Å². The van der Waals surface area contributed by atoms with Gasteiger partial charge in [0, 0.05) is 12.6 Å². The topological polar surface area (TPSA) is 64.6 Å². The summed E-state index contributed by atoms with van der Waals surface area (Å²) in [6, 6.07) is 9.92. The minimum absolute atomic E-state index is 0.0586. The fourth-order valence-electron chi connectivity index (χ4n) is 2.67. The van der Waals surface area contributed by atoms with Crippen molar-refractivity contribution in [2.24, 2.45) is 5.92 Å². The predicted octanol–water partition coefficient (Wildman–Crippen LogP) is 4.85. The predicted molar refractivity (Wildman–Crippen MR) is 128 cm³/mol. The lowest BCUT2D eigenvalue weighted by Crippen LogP contribution is -2.45. The van der Waals surface area contributed by atoms with Crippen molar-refractivity contribution in [2.45, 2.75) is 83.3 Å². The fraction of sp³-hybridized carbons (Fsp3) is 0.696. The van der Waals surface area contributed by atoms with Crippen molar-refractivity contribution in [1.82, 2.24) is 4.72 Å². The van der Waals surface area contributed by atoms with Crippen LogP contribution in [0.5, 0.6) is 0 Å². The van der Waals surface area contributed by atoms with Crippen molar-refractivity contribution < 1.29 is 18.2 Å². The Balaban J connectivity index is 3.03. The van der Waals surface area contributed by atoms with E-state index in [-0.39, 0.29) is 17.0 Å². The van der Waals surface area contributed by atoms with E-state index in [0.29, 0.717) is 19.4 Å². The molecule has 0 aliphatic heterocycles. The van der Waals surface area contributed by atoms with E-state index in [1.165, 1.54) is 7.11 Å². The molecule has 0 aliphatic carbocycles. The molecule has 0 saturated carbocycles. The van der Waals surface area contributed by atoms with Crippen LogP contribution in [0.4, 0.5) is 0 Å². The summed E-state index contributed by atoms with van der Waals surface area (Å²) >= 11 is 0. The average molecular weight is 456 g/mol. The molecule has 0 heterocycles. The molecule has 7 heteroatoms. The highest BCUT2D eigenvalue weighted by Gasteiger charge is 2.39. The third kappa shape index (κ3) is 8.61. The number of rotatable bonds is 10. The Labute approximate surface area is 187 Å². The maximum absolute atomic E-state index is 12.8. The van der Waals surface area contributed by atoms with Gasteiger partial charge in [-0.05, 0) is 57.3 Å². The molecule has 1 aromatic carbocycles. The quantitative estimate of drug-likeness (QED) is 0.404. The second-order valence-electron chi connectivity index (χ2n) is 10.4. The number of esters is 1. The first-order valence-corrected chi connectivity index (χ1v) is 14.7. The van der Waals surface area contributed by atoms with Gasteiger partial charge in [0.05, 0.1) is 28.8 Å². The molecule has 2 unspecified atom stereocenters. The third-order valence-electron chi connectivity index (χ3n) is 5.71. The molecular weight excluding hydrogens is 414 g/mol. The standard InChI is InChI=1S/C23H41NO4SSi/c1-22(2,3)29(26)24-20(15-18-13-11-10-12-14-18)16-19(21(25)27-7)17-28-30(8,9)23(4,5)6/h10-14,19-20,24H,15-17H2,1-9H3/t19?,20-,29?/m0/s1. The monoisotopic (exact) mass is 455 g/mol. The summed E-state index contributed by atoms with van der Waals surface area (Å²) in [5, 5.41) is 0.0586. The molecule has 1 N–H and O–H groups in total. The summed E-state index contributed by atoms with van der Waals surface area (Å²) < 4.78 is 27.1. The van der Waals surface area contributed by atoms with E-state index < -0.39 is 30.0 Å². The van der Waals surface area contributed by atoms with Crippen molar-refractivity contribution in [3.05, 3.63) is 35.9 Å². The summed E-state index contributed by atoms with van der Waals surface area (Å²) in [6.45, 7) is 17.0. The SMILES string of the molecule is COC(=O)C(CO[Si](C)(C)C(C)(C)C)C[C@H](Cc1ccccc1)NS(=O)C(C)(C)C. The summed E-state index contributed by atoms with van der Waals surface area (Å²) in [5.41, 5.74) is 1.13. The molecule has 1 aromatic rings. The number of carbonyl (C=O) groups excluding carboxylic acids is 1. The van der Waals surface area contributed by atoms with Gasteiger partial charge in [-0.2, -0.15) is 0 Å². The van der Waals surface area contributed by atoms with E-state index in [9.17, 15) is 9.00 Å². The highest BCUT2D eigenvalue weighted by molar-refractivity contribution is 7.84. The first kappa shape index (κ1) is 27.0. The summed E-state index contributed by atoms with van der Waals surface area (Å²) in [7, 11) is -1.83. The van der Waals surface area contributed by atoms with Gasteiger partial charge in [-0.25, -0.2) is 8.93 Å². The largest absolute Gasteiger partial charge is 0.469 e. The number of hydrogen-bond acceptors (Lipinski definition) is 4. The maximum Gasteiger partial charge on any atom is 0.311 e. The molecule has 0 aromatic heterocycles. The molecule has 0 radical (unpaired) electrons. The lowest BCUT2D eigenvalue weighted by Gasteiger charge is -2.37. The molecule has 3 atom stereocenters. The maximum atomic E-state index is 12.8. The zero-order valence-electron chi connectivity index (χ0n) is 20.2. The molecule has 30 heavy (non-hydrogen) atoms. The Bertz CT molecular complexity index is 695. The van der Waals surface area contributed by atoms with Crippen LogP contribution in [-0.2, 0) is 31.4 Å². The van der Waals surface area contributed by atoms with Crippen LogP contribution in [0.2, 0.25) is 18.1 Å². The van der Waals surface area contributed by atoms with Crippen LogP contribution in [-0.4, -0.2) is 43.0 Å². The minimum Gasteiger partial charge on any atom is -0.469 e. The molecular formula is C23H41NO4SSi. The van der Waals surface area contributed by atoms with Crippen molar-refractivity contribution in [1.29, 1.82) is 0 Å². The van der Waals surface area contributed by atoms with Gasteiger partial charge in [0.2, 0.25) is 0 Å². The second kappa shape index (κ2) is 11.0. The van der Waals surface area contributed by atoms with Crippen LogP contribution in [0, 0.1) is 5.92 Å². The molecule has 5 nitrogen and oxygen atoms in total. The van der Waals surface area contributed by atoms with Crippen molar-refractivity contribution in [2.75, 3.05) is 13.7 Å². The molecule has 0 spiro atoms. The van der Waals surface area contributed by atoms with E-state index in [1.54, 1.807) is 0 Å². The van der Waals surface area contributed by atoms with E-state index in [4.69, 9.17) is 9.16 Å². The van der Waals surface area contributed by atoms with Crippen molar-refractivity contribution in [3.8, 4) is 0 Å². The molecule has 0 saturated heterocycles. The average Bonchev–Trinajstić information content (AvgIpc) is 2.63. The summed E-state index contributed by atoms with van der Waals surface area (Å²) in [5.74, 6) is -0.697. The first-order valence-electron chi connectivity index (χ1n) is 10.6. The minimum atomic E-state index is -2.00. The van der Waals surface area contributed by atoms with Crippen LogP contribution in [0.3, 0.4) is 0 Å². The van der Waals surface area contributed by atoms with Gasteiger partial charge in [0.1, 0.15) is 0 Å². The molecule has 172 valence electrons. The highest BCUT2D eigenvalue weighted by atomic mass is 32.2. The number of hydrogen-bond donors (Lipinski definition) is 1. The summed E-state index contributed by atoms with van der Waals surface area (Å²) in [4.78, 5) is 12.6. The Kier molecular flexibility index (Phi) is 9.93. The van der Waals surface area contributed by atoms with Gasteiger partial charge in [0.15, 0.2) is 8.32 Å². The van der Waals surface area contributed by atoms with Crippen molar-refractivity contribution >= 4 is 25.3 Å². The normalized spacial score (nSPS) is 16.0. The molecule has 0 amide bonds. The van der Waals surface area contributed by atoms with Crippen LogP contribution in [0.1, 0.15) is 53.5 Å².